The molecule has 0 heterocycles. The highest BCUT2D eigenvalue weighted by atomic mass is 16.4. The average Bonchev–Trinajstić information content (AvgIpc) is 2.09. The summed E-state index contributed by atoms with van der Waals surface area (Å²) in [6, 6.07) is -0.925. The Kier molecular flexibility index (Phi) is 5.36. The van der Waals surface area contributed by atoms with Crippen molar-refractivity contribution in [2.24, 2.45) is 5.92 Å². The number of rotatable bonds is 5. The summed E-state index contributed by atoms with van der Waals surface area (Å²) in [4.78, 5) is 32.4. The first-order valence-electron chi connectivity index (χ1n) is 4.61. The molecule has 15 heavy (non-hydrogen) atoms. The van der Waals surface area contributed by atoms with Gasteiger partial charge >= 0.3 is 5.97 Å². The summed E-state index contributed by atoms with van der Waals surface area (Å²) in [5.74, 6) is -2.13. The van der Waals surface area contributed by atoms with E-state index in [2.05, 4.69) is 10.6 Å². The number of aliphatic carboxylic acids is 1. The molecule has 0 rings (SSSR count). The van der Waals surface area contributed by atoms with E-state index >= 15 is 0 Å². The minimum Gasteiger partial charge on any atom is -0.480 e. The Morgan fingerprint density at radius 3 is 2.13 bits per heavy atom. The van der Waals surface area contributed by atoms with E-state index in [1.54, 1.807) is 13.8 Å². The highest BCUT2D eigenvalue weighted by Gasteiger charge is 2.22. The molecule has 0 aromatic heterocycles. The molecule has 0 aromatic carbocycles. The molecule has 6 nitrogen and oxygen atoms in total. The maximum absolute atomic E-state index is 11.2. The molecule has 86 valence electrons. The third-order valence-corrected chi connectivity index (χ3v) is 1.75. The fourth-order valence-corrected chi connectivity index (χ4v) is 0.943. The second-order valence-corrected chi connectivity index (χ2v) is 3.54. The second-order valence-electron chi connectivity index (χ2n) is 3.54. The standard InChI is InChI=1S/C9H16N2O4/c1-5(2)8(9(14)15)11-7(13)4-10-6(3)12/h5,8H,4H2,1-3H3,(H,10,12)(H,11,13)(H,14,15)/t8-/m1/s1. The lowest BCUT2D eigenvalue weighted by Gasteiger charge is -2.17. The second kappa shape index (κ2) is 6.00. The smallest absolute Gasteiger partial charge is 0.326 e. The zero-order chi connectivity index (χ0) is 12.0. The monoisotopic (exact) mass is 216 g/mol. The van der Waals surface area contributed by atoms with Crippen molar-refractivity contribution in [2.45, 2.75) is 26.8 Å². The zero-order valence-corrected chi connectivity index (χ0v) is 9.03. The lowest BCUT2D eigenvalue weighted by Crippen LogP contribution is -2.47. The van der Waals surface area contributed by atoms with Crippen LogP contribution in [0.15, 0.2) is 0 Å². The van der Waals surface area contributed by atoms with E-state index in [4.69, 9.17) is 5.11 Å². The Bertz CT molecular complexity index is 263. The average molecular weight is 216 g/mol. The van der Waals surface area contributed by atoms with Crippen LogP contribution in [0.4, 0.5) is 0 Å². The fraction of sp³-hybridized carbons (Fsp3) is 0.667. The van der Waals surface area contributed by atoms with Gasteiger partial charge in [-0.1, -0.05) is 13.8 Å². The predicted octanol–water partition coefficient (Wildman–Crippen LogP) is -0.652. The number of hydrogen-bond donors (Lipinski definition) is 3. The van der Waals surface area contributed by atoms with Crippen LogP contribution in [0.2, 0.25) is 0 Å². The van der Waals surface area contributed by atoms with Gasteiger partial charge in [-0.3, -0.25) is 9.59 Å². The van der Waals surface area contributed by atoms with Gasteiger partial charge in [-0.2, -0.15) is 0 Å². The molecule has 1 atom stereocenters. The molecule has 0 spiro atoms. The van der Waals surface area contributed by atoms with Crippen LogP contribution in [-0.2, 0) is 14.4 Å². The van der Waals surface area contributed by atoms with Crippen molar-refractivity contribution in [3.8, 4) is 0 Å². The molecular formula is C9H16N2O4. The van der Waals surface area contributed by atoms with Crippen LogP contribution in [0, 0.1) is 5.92 Å². The molecule has 0 saturated heterocycles. The quantitative estimate of drug-likeness (QED) is 0.569. The largest absolute Gasteiger partial charge is 0.480 e. The fourth-order valence-electron chi connectivity index (χ4n) is 0.943. The highest BCUT2D eigenvalue weighted by Crippen LogP contribution is 2.00. The van der Waals surface area contributed by atoms with Crippen LogP contribution >= 0.6 is 0 Å². The third kappa shape index (κ3) is 5.66. The summed E-state index contributed by atoms with van der Waals surface area (Å²) in [5.41, 5.74) is 0. The molecule has 0 bridgehead atoms. The Hall–Kier alpha value is -1.59. The number of carboxylic acid groups (broad SMARTS) is 1. The van der Waals surface area contributed by atoms with E-state index in [1.165, 1.54) is 6.92 Å². The van der Waals surface area contributed by atoms with E-state index < -0.39 is 17.9 Å². The maximum Gasteiger partial charge on any atom is 0.326 e. The zero-order valence-electron chi connectivity index (χ0n) is 9.03. The Morgan fingerprint density at radius 1 is 1.27 bits per heavy atom. The van der Waals surface area contributed by atoms with Crippen LogP contribution in [-0.4, -0.2) is 35.5 Å². The molecule has 0 aromatic rings. The van der Waals surface area contributed by atoms with Gasteiger partial charge in [-0.15, -0.1) is 0 Å². The number of carboxylic acids is 1. The van der Waals surface area contributed by atoms with E-state index in [0.29, 0.717) is 0 Å². The summed E-state index contributed by atoms with van der Waals surface area (Å²) in [6.45, 7) is 4.46. The van der Waals surface area contributed by atoms with Gasteiger partial charge < -0.3 is 15.7 Å². The third-order valence-electron chi connectivity index (χ3n) is 1.75. The molecule has 2 amide bonds. The summed E-state index contributed by atoms with van der Waals surface area (Å²) in [6.07, 6.45) is 0. The van der Waals surface area contributed by atoms with Crippen molar-refractivity contribution < 1.29 is 19.5 Å². The van der Waals surface area contributed by atoms with Crippen molar-refractivity contribution in [3.63, 3.8) is 0 Å². The molecule has 0 fully saturated rings. The number of carbonyl (C=O) groups is 3. The maximum atomic E-state index is 11.2. The Labute approximate surface area is 88.0 Å². The number of hydrogen-bond acceptors (Lipinski definition) is 3. The van der Waals surface area contributed by atoms with Gasteiger partial charge in [0.15, 0.2) is 0 Å². The normalized spacial score (nSPS) is 12.0. The van der Waals surface area contributed by atoms with Gasteiger partial charge in [0.1, 0.15) is 6.04 Å². The Balaban J connectivity index is 4.12. The minimum absolute atomic E-state index is 0.203. The lowest BCUT2D eigenvalue weighted by atomic mass is 10.1. The Morgan fingerprint density at radius 2 is 1.80 bits per heavy atom. The van der Waals surface area contributed by atoms with E-state index in [-0.39, 0.29) is 18.4 Å². The molecule has 0 aliphatic rings. The first kappa shape index (κ1) is 13.4. The van der Waals surface area contributed by atoms with Crippen molar-refractivity contribution in [1.29, 1.82) is 0 Å². The first-order valence-corrected chi connectivity index (χ1v) is 4.61. The number of nitrogens with one attached hydrogen (secondary N) is 2. The van der Waals surface area contributed by atoms with Gasteiger partial charge in [0.25, 0.3) is 0 Å². The van der Waals surface area contributed by atoms with Gasteiger partial charge in [0.2, 0.25) is 11.8 Å². The number of amides is 2. The molecule has 0 unspecified atom stereocenters. The van der Waals surface area contributed by atoms with Gasteiger partial charge in [-0.05, 0) is 5.92 Å². The van der Waals surface area contributed by atoms with E-state index in [1.807, 2.05) is 0 Å². The summed E-state index contributed by atoms with van der Waals surface area (Å²) >= 11 is 0. The van der Waals surface area contributed by atoms with Crippen molar-refractivity contribution in [2.75, 3.05) is 6.54 Å². The molecule has 0 saturated carbocycles. The van der Waals surface area contributed by atoms with Crippen LogP contribution in [0.5, 0.6) is 0 Å². The summed E-state index contributed by atoms with van der Waals surface area (Å²) in [5, 5.41) is 13.4. The van der Waals surface area contributed by atoms with Crippen molar-refractivity contribution >= 4 is 17.8 Å². The SMILES string of the molecule is CC(=O)NCC(=O)N[C@@H](C(=O)O)C(C)C. The molecule has 3 N–H and O–H groups in total. The molecule has 0 aliphatic heterocycles. The molecular weight excluding hydrogens is 200 g/mol. The summed E-state index contributed by atoms with van der Waals surface area (Å²) in [7, 11) is 0. The predicted molar refractivity (Wildman–Crippen MR) is 53.1 cm³/mol. The highest BCUT2D eigenvalue weighted by molar-refractivity contribution is 5.87. The molecule has 0 radical (unpaired) electrons. The topological polar surface area (TPSA) is 95.5 Å². The molecule has 6 heteroatoms. The first-order chi connectivity index (χ1) is 6.84. The van der Waals surface area contributed by atoms with Gasteiger partial charge in [0.05, 0.1) is 6.54 Å². The van der Waals surface area contributed by atoms with Crippen molar-refractivity contribution in [1.82, 2.24) is 10.6 Å². The minimum atomic E-state index is -1.08. The van der Waals surface area contributed by atoms with Crippen LogP contribution in [0.25, 0.3) is 0 Å². The summed E-state index contributed by atoms with van der Waals surface area (Å²) < 4.78 is 0. The van der Waals surface area contributed by atoms with E-state index in [0.717, 1.165) is 0 Å². The van der Waals surface area contributed by atoms with Gasteiger partial charge in [0, 0.05) is 6.92 Å². The number of carbonyl (C=O) groups excluding carboxylic acids is 2. The molecule has 0 aliphatic carbocycles. The van der Waals surface area contributed by atoms with E-state index in [9.17, 15) is 14.4 Å². The van der Waals surface area contributed by atoms with Crippen LogP contribution < -0.4 is 10.6 Å². The lowest BCUT2D eigenvalue weighted by molar-refractivity contribution is -0.143. The van der Waals surface area contributed by atoms with Gasteiger partial charge in [-0.25, -0.2) is 4.79 Å². The van der Waals surface area contributed by atoms with Crippen LogP contribution in [0.1, 0.15) is 20.8 Å². The van der Waals surface area contributed by atoms with Crippen LogP contribution in [0.3, 0.4) is 0 Å². The van der Waals surface area contributed by atoms with Crippen molar-refractivity contribution in [3.05, 3.63) is 0 Å².